The molecule has 0 N–H and O–H groups in total. The van der Waals surface area contributed by atoms with Crippen molar-refractivity contribution in [1.82, 2.24) is 9.21 Å². The molecule has 0 aromatic heterocycles. The van der Waals surface area contributed by atoms with Crippen molar-refractivity contribution in [3.05, 3.63) is 53.1 Å². The molecule has 0 spiro atoms. The van der Waals surface area contributed by atoms with Gasteiger partial charge < -0.3 is 14.4 Å². The number of amides is 1. The number of carbonyl (C=O) groups excluding carboxylic acids is 1. The summed E-state index contributed by atoms with van der Waals surface area (Å²) in [7, 11) is -2.41. The van der Waals surface area contributed by atoms with Gasteiger partial charge in [0.25, 0.3) is 5.91 Å². The van der Waals surface area contributed by atoms with Crippen molar-refractivity contribution < 1.29 is 31.5 Å². The Labute approximate surface area is 177 Å². The molecule has 30 heavy (non-hydrogen) atoms. The molecular weight excluding hydrogens is 442 g/mol. The van der Waals surface area contributed by atoms with Crippen molar-refractivity contribution in [2.24, 2.45) is 0 Å². The van der Waals surface area contributed by atoms with E-state index in [1.165, 1.54) is 58.8 Å². The molecule has 0 saturated carbocycles. The number of carbonyl (C=O) groups is 1. The summed E-state index contributed by atoms with van der Waals surface area (Å²) in [5, 5.41) is 0.435. The number of sulfonamides is 1. The van der Waals surface area contributed by atoms with Crippen molar-refractivity contribution in [2.75, 3.05) is 33.3 Å². The molecule has 1 heterocycles. The minimum absolute atomic E-state index is 0.00472. The van der Waals surface area contributed by atoms with E-state index in [1.54, 1.807) is 0 Å². The summed E-state index contributed by atoms with van der Waals surface area (Å²) >= 11 is 5.81. The summed E-state index contributed by atoms with van der Waals surface area (Å²) in [6, 6.07) is 9.79. The second-order valence-corrected chi connectivity index (χ2v) is 8.77. The highest BCUT2D eigenvalue weighted by Crippen LogP contribution is 2.30. The molecular formula is C19H19ClF2N2O5S. The first-order chi connectivity index (χ1) is 14.2. The van der Waals surface area contributed by atoms with Gasteiger partial charge >= 0.3 is 6.61 Å². The van der Waals surface area contributed by atoms with E-state index in [0.29, 0.717) is 5.02 Å². The van der Waals surface area contributed by atoms with Crippen LogP contribution < -0.4 is 9.47 Å². The zero-order valence-electron chi connectivity index (χ0n) is 15.9. The van der Waals surface area contributed by atoms with Crippen LogP contribution in [0.5, 0.6) is 11.5 Å². The molecule has 1 aliphatic heterocycles. The lowest BCUT2D eigenvalue weighted by Gasteiger charge is -2.34. The van der Waals surface area contributed by atoms with E-state index in [2.05, 4.69) is 4.74 Å². The first-order valence-corrected chi connectivity index (χ1v) is 10.7. The van der Waals surface area contributed by atoms with E-state index in [1.807, 2.05) is 0 Å². The average Bonchev–Trinajstić information content (AvgIpc) is 2.73. The largest absolute Gasteiger partial charge is 0.493 e. The predicted molar refractivity (Wildman–Crippen MR) is 106 cm³/mol. The number of ether oxygens (including phenoxy) is 2. The molecule has 0 unspecified atom stereocenters. The Kier molecular flexibility index (Phi) is 6.79. The second-order valence-electron chi connectivity index (χ2n) is 6.39. The Morgan fingerprint density at radius 2 is 1.67 bits per heavy atom. The van der Waals surface area contributed by atoms with Gasteiger partial charge in [-0.2, -0.15) is 13.1 Å². The van der Waals surface area contributed by atoms with Crippen LogP contribution in [-0.2, 0) is 10.0 Å². The Morgan fingerprint density at radius 3 is 2.23 bits per heavy atom. The zero-order chi connectivity index (χ0) is 21.9. The fourth-order valence-corrected chi connectivity index (χ4v) is 4.61. The highest BCUT2D eigenvalue weighted by atomic mass is 35.5. The maximum absolute atomic E-state index is 12.8. The number of hydrogen-bond donors (Lipinski definition) is 0. The SMILES string of the molecule is COc1cc(C(=O)N2CCN(S(=O)(=O)c3ccc(Cl)cc3)CC2)ccc1OC(F)F. The van der Waals surface area contributed by atoms with Crippen LogP contribution in [0.1, 0.15) is 10.4 Å². The summed E-state index contributed by atoms with van der Waals surface area (Å²) in [6.07, 6.45) is 0. The first kappa shape index (κ1) is 22.3. The van der Waals surface area contributed by atoms with Gasteiger partial charge in [0.2, 0.25) is 10.0 Å². The molecule has 1 aliphatic rings. The van der Waals surface area contributed by atoms with Crippen LogP contribution in [0.3, 0.4) is 0 Å². The highest BCUT2D eigenvalue weighted by molar-refractivity contribution is 7.89. The summed E-state index contributed by atoms with van der Waals surface area (Å²) in [5.41, 5.74) is 0.225. The summed E-state index contributed by atoms with van der Waals surface area (Å²) in [4.78, 5) is 14.4. The maximum Gasteiger partial charge on any atom is 0.387 e. The topological polar surface area (TPSA) is 76.2 Å². The third-order valence-corrected chi connectivity index (χ3v) is 6.77. The zero-order valence-corrected chi connectivity index (χ0v) is 17.5. The molecule has 0 aliphatic carbocycles. The third kappa shape index (κ3) is 4.82. The minimum Gasteiger partial charge on any atom is -0.493 e. The van der Waals surface area contributed by atoms with Crippen molar-refractivity contribution in [3.8, 4) is 11.5 Å². The van der Waals surface area contributed by atoms with Gasteiger partial charge in [0, 0.05) is 36.8 Å². The first-order valence-electron chi connectivity index (χ1n) is 8.90. The molecule has 1 saturated heterocycles. The predicted octanol–water partition coefficient (Wildman–Crippen LogP) is 3.10. The van der Waals surface area contributed by atoms with Crippen LogP contribution in [0.2, 0.25) is 5.02 Å². The number of benzene rings is 2. The monoisotopic (exact) mass is 460 g/mol. The number of methoxy groups -OCH3 is 1. The van der Waals surface area contributed by atoms with Gasteiger partial charge in [-0.25, -0.2) is 8.42 Å². The van der Waals surface area contributed by atoms with E-state index in [0.717, 1.165) is 0 Å². The summed E-state index contributed by atoms with van der Waals surface area (Å²) in [6.45, 7) is -2.40. The molecule has 0 atom stereocenters. The van der Waals surface area contributed by atoms with Gasteiger partial charge in [0.1, 0.15) is 0 Å². The van der Waals surface area contributed by atoms with Gasteiger partial charge in [-0.15, -0.1) is 0 Å². The Hall–Kier alpha value is -2.43. The van der Waals surface area contributed by atoms with E-state index >= 15 is 0 Å². The Bertz CT molecular complexity index is 1010. The molecule has 1 fully saturated rings. The quantitative estimate of drug-likeness (QED) is 0.662. The molecule has 162 valence electrons. The van der Waals surface area contributed by atoms with Crippen LogP contribution >= 0.6 is 11.6 Å². The standard InChI is InChI=1S/C19H19ClF2N2O5S/c1-28-17-12-13(2-7-16(17)29-19(21)22)18(25)23-8-10-24(11-9-23)30(26,27)15-5-3-14(20)4-6-15/h2-7,12,19H,8-11H2,1H3. The Morgan fingerprint density at radius 1 is 1.03 bits per heavy atom. The number of alkyl halides is 2. The Balaban J connectivity index is 1.69. The lowest BCUT2D eigenvalue weighted by molar-refractivity contribution is -0.0512. The number of nitrogens with zero attached hydrogens (tertiary/aromatic N) is 2. The van der Waals surface area contributed by atoms with Crippen LogP contribution in [0, 0.1) is 0 Å². The molecule has 2 aromatic rings. The number of rotatable bonds is 6. The van der Waals surface area contributed by atoms with E-state index in [4.69, 9.17) is 16.3 Å². The normalized spacial score (nSPS) is 15.3. The second kappa shape index (κ2) is 9.15. The molecule has 1 amide bonds. The molecule has 0 bridgehead atoms. The van der Waals surface area contributed by atoms with E-state index in [9.17, 15) is 22.0 Å². The smallest absolute Gasteiger partial charge is 0.387 e. The summed E-state index contributed by atoms with van der Waals surface area (Å²) < 4.78 is 61.1. The van der Waals surface area contributed by atoms with Gasteiger partial charge in [0.05, 0.1) is 12.0 Å². The van der Waals surface area contributed by atoms with Crippen LogP contribution in [-0.4, -0.2) is 63.4 Å². The van der Waals surface area contributed by atoms with Crippen molar-refractivity contribution in [1.29, 1.82) is 0 Å². The van der Waals surface area contributed by atoms with Gasteiger partial charge in [-0.3, -0.25) is 4.79 Å². The molecule has 11 heteroatoms. The molecule has 2 aromatic carbocycles. The number of hydrogen-bond acceptors (Lipinski definition) is 5. The highest BCUT2D eigenvalue weighted by Gasteiger charge is 2.30. The summed E-state index contributed by atoms with van der Waals surface area (Å²) in [5.74, 6) is -0.534. The van der Waals surface area contributed by atoms with Crippen molar-refractivity contribution in [2.45, 2.75) is 11.5 Å². The van der Waals surface area contributed by atoms with Crippen LogP contribution in [0.4, 0.5) is 8.78 Å². The third-order valence-electron chi connectivity index (χ3n) is 4.60. The molecule has 0 radical (unpaired) electrons. The van der Waals surface area contributed by atoms with Crippen LogP contribution in [0.25, 0.3) is 0 Å². The van der Waals surface area contributed by atoms with Crippen LogP contribution in [0.15, 0.2) is 47.4 Å². The number of halogens is 3. The van der Waals surface area contributed by atoms with Crippen molar-refractivity contribution in [3.63, 3.8) is 0 Å². The van der Waals surface area contributed by atoms with E-state index < -0.39 is 16.6 Å². The molecule has 7 nitrogen and oxygen atoms in total. The molecule has 3 rings (SSSR count). The van der Waals surface area contributed by atoms with E-state index in [-0.39, 0.29) is 54.0 Å². The van der Waals surface area contributed by atoms with Crippen molar-refractivity contribution >= 4 is 27.5 Å². The lowest BCUT2D eigenvalue weighted by Crippen LogP contribution is -2.50. The number of piperazine rings is 1. The maximum atomic E-state index is 12.8. The fourth-order valence-electron chi connectivity index (χ4n) is 3.06. The minimum atomic E-state index is -3.69. The fraction of sp³-hybridized carbons (Fsp3) is 0.316. The van der Waals surface area contributed by atoms with Gasteiger partial charge in [-0.1, -0.05) is 11.6 Å². The van der Waals surface area contributed by atoms with Gasteiger partial charge in [-0.05, 0) is 42.5 Å². The van der Waals surface area contributed by atoms with Gasteiger partial charge in [0.15, 0.2) is 11.5 Å². The average molecular weight is 461 g/mol. The lowest BCUT2D eigenvalue weighted by atomic mass is 10.1.